The van der Waals surface area contributed by atoms with Gasteiger partial charge in [-0.2, -0.15) is 0 Å². The van der Waals surface area contributed by atoms with E-state index in [-0.39, 0.29) is 5.97 Å². The molecule has 0 aromatic heterocycles. The molecule has 0 N–H and O–H groups in total. The van der Waals surface area contributed by atoms with Crippen molar-refractivity contribution in [3.05, 3.63) is 0 Å². The van der Waals surface area contributed by atoms with Gasteiger partial charge in [-0.1, -0.05) is 0 Å². The summed E-state index contributed by atoms with van der Waals surface area (Å²) in [4.78, 5) is 19.8. The highest BCUT2D eigenvalue weighted by molar-refractivity contribution is 5.80. The standard InChI is InChI=1S/C5H8O.C3H6O2/c6-5-3-1-2-4-5;1-3(4)5-2/h1-4H2;1-2H3. The third kappa shape index (κ3) is 7.03. The van der Waals surface area contributed by atoms with Crippen molar-refractivity contribution in [3.8, 4) is 0 Å². The van der Waals surface area contributed by atoms with Gasteiger partial charge in [0.2, 0.25) is 0 Å². The largest absolute Gasteiger partial charge is 0.469 e. The Morgan fingerprint density at radius 1 is 1.36 bits per heavy atom. The first-order valence-electron chi connectivity index (χ1n) is 3.73. The van der Waals surface area contributed by atoms with Crippen LogP contribution in [0.2, 0.25) is 0 Å². The summed E-state index contributed by atoms with van der Waals surface area (Å²) >= 11 is 0. The molecule has 1 aliphatic carbocycles. The van der Waals surface area contributed by atoms with Crippen molar-refractivity contribution < 1.29 is 14.3 Å². The summed E-state index contributed by atoms with van der Waals surface area (Å²) in [6.45, 7) is 1.36. The van der Waals surface area contributed by atoms with E-state index in [1.165, 1.54) is 14.0 Å². The van der Waals surface area contributed by atoms with Crippen LogP contribution in [0.4, 0.5) is 0 Å². The summed E-state index contributed by atoms with van der Waals surface area (Å²) in [5, 5.41) is 0. The Kier molecular flexibility index (Phi) is 5.43. The summed E-state index contributed by atoms with van der Waals surface area (Å²) in [5.41, 5.74) is 0. The van der Waals surface area contributed by atoms with Gasteiger partial charge in [0.05, 0.1) is 7.11 Å². The van der Waals surface area contributed by atoms with Crippen LogP contribution in [0.15, 0.2) is 0 Å². The molecule has 0 radical (unpaired) electrons. The zero-order valence-corrected chi connectivity index (χ0v) is 7.05. The number of ether oxygens (including phenoxy) is 1. The van der Waals surface area contributed by atoms with Gasteiger partial charge in [0.25, 0.3) is 0 Å². The molecule has 0 amide bonds. The minimum absolute atomic E-state index is 0.245. The van der Waals surface area contributed by atoms with Crippen LogP contribution >= 0.6 is 0 Å². The fraction of sp³-hybridized carbons (Fsp3) is 0.750. The fourth-order valence-electron chi connectivity index (χ4n) is 0.769. The topological polar surface area (TPSA) is 43.4 Å². The monoisotopic (exact) mass is 158 g/mol. The lowest BCUT2D eigenvalue weighted by molar-refractivity contribution is -0.137. The van der Waals surface area contributed by atoms with Gasteiger partial charge >= 0.3 is 5.97 Å². The van der Waals surface area contributed by atoms with Gasteiger partial charge in [-0.05, 0) is 12.8 Å². The van der Waals surface area contributed by atoms with Crippen molar-refractivity contribution >= 4 is 11.8 Å². The third-order valence-corrected chi connectivity index (χ3v) is 1.45. The van der Waals surface area contributed by atoms with Crippen molar-refractivity contribution in [2.24, 2.45) is 0 Å². The number of carbonyl (C=O) groups excluding carboxylic acids is 2. The van der Waals surface area contributed by atoms with Crippen LogP contribution in [0.1, 0.15) is 32.6 Å². The zero-order valence-electron chi connectivity index (χ0n) is 7.05. The maximum absolute atomic E-state index is 10.2. The quantitative estimate of drug-likeness (QED) is 0.499. The van der Waals surface area contributed by atoms with E-state index in [4.69, 9.17) is 0 Å². The van der Waals surface area contributed by atoms with Gasteiger partial charge in [-0.25, -0.2) is 0 Å². The molecule has 1 aliphatic rings. The van der Waals surface area contributed by atoms with E-state index in [9.17, 15) is 9.59 Å². The fourth-order valence-corrected chi connectivity index (χ4v) is 0.769. The molecule has 0 bridgehead atoms. The smallest absolute Gasteiger partial charge is 0.302 e. The van der Waals surface area contributed by atoms with E-state index in [2.05, 4.69) is 4.74 Å². The maximum Gasteiger partial charge on any atom is 0.302 e. The first kappa shape index (κ1) is 10.1. The highest BCUT2D eigenvalue weighted by atomic mass is 16.5. The van der Waals surface area contributed by atoms with Gasteiger partial charge in [0.15, 0.2) is 0 Å². The van der Waals surface area contributed by atoms with Crippen LogP contribution in [-0.2, 0) is 14.3 Å². The van der Waals surface area contributed by atoms with E-state index in [1.54, 1.807) is 0 Å². The zero-order chi connectivity index (χ0) is 8.69. The highest BCUT2D eigenvalue weighted by Gasteiger charge is 2.07. The van der Waals surface area contributed by atoms with Gasteiger partial charge in [-0.15, -0.1) is 0 Å². The Balaban J connectivity index is 0.000000187. The molecule has 1 rings (SSSR count). The van der Waals surface area contributed by atoms with Crippen LogP contribution in [-0.4, -0.2) is 18.9 Å². The van der Waals surface area contributed by atoms with Crippen LogP contribution < -0.4 is 0 Å². The molecule has 1 saturated carbocycles. The molecule has 1 fully saturated rings. The molecule has 0 aromatic rings. The van der Waals surface area contributed by atoms with Crippen LogP contribution in [0.3, 0.4) is 0 Å². The lowest BCUT2D eigenvalue weighted by Gasteiger charge is -1.80. The number of hydrogen-bond donors (Lipinski definition) is 0. The van der Waals surface area contributed by atoms with Crippen molar-refractivity contribution in [2.45, 2.75) is 32.6 Å². The molecule has 0 aliphatic heterocycles. The number of ketones is 1. The molecule has 3 nitrogen and oxygen atoms in total. The summed E-state index contributed by atoms with van der Waals surface area (Å²) in [6, 6.07) is 0. The average molecular weight is 158 g/mol. The SMILES string of the molecule is COC(C)=O.O=C1CCCC1. The molecule has 0 heterocycles. The van der Waals surface area contributed by atoms with Crippen molar-refractivity contribution in [2.75, 3.05) is 7.11 Å². The highest BCUT2D eigenvalue weighted by Crippen LogP contribution is 2.11. The summed E-state index contributed by atoms with van der Waals surface area (Å²) in [6.07, 6.45) is 3.97. The Hall–Kier alpha value is -0.860. The van der Waals surface area contributed by atoms with Gasteiger partial charge < -0.3 is 4.74 Å². The molecular weight excluding hydrogens is 144 g/mol. The van der Waals surface area contributed by atoms with Gasteiger partial charge in [0, 0.05) is 19.8 Å². The third-order valence-electron chi connectivity index (χ3n) is 1.45. The molecule has 0 spiro atoms. The van der Waals surface area contributed by atoms with Crippen molar-refractivity contribution in [1.29, 1.82) is 0 Å². The lowest BCUT2D eigenvalue weighted by Crippen LogP contribution is -1.88. The number of esters is 1. The minimum atomic E-state index is -0.245. The molecule has 64 valence electrons. The molecule has 0 unspecified atom stereocenters. The summed E-state index contributed by atoms with van der Waals surface area (Å²) < 4.78 is 4.11. The van der Waals surface area contributed by atoms with Gasteiger partial charge in [-0.3, -0.25) is 9.59 Å². The number of rotatable bonds is 0. The van der Waals surface area contributed by atoms with Crippen LogP contribution in [0, 0.1) is 0 Å². The van der Waals surface area contributed by atoms with Gasteiger partial charge in [0.1, 0.15) is 5.78 Å². The van der Waals surface area contributed by atoms with E-state index >= 15 is 0 Å². The first-order valence-corrected chi connectivity index (χ1v) is 3.73. The Morgan fingerprint density at radius 2 is 1.73 bits per heavy atom. The second-order valence-corrected chi connectivity index (χ2v) is 2.44. The first-order chi connectivity index (χ1) is 5.16. The normalized spacial score (nSPS) is 15.3. The molecule has 3 heteroatoms. The number of Topliss-reactive ketones (excluding diaryl/α,β-unsaturated/α-hetero) is 1. The summed E-state index contributed by atoms with van der Waals surface area (Å²) in [7, 11) is 1.35. The Bertz CT molecular complexity index is 132. The van der Waals surface area contributed by atoms with Crippen molar-refractivity contribution in [1.82, 2.24) is 0 Å². The molecule has 0 aromatic carbocycles. The molecule has 0 atom stereocenters. The lowest BCUT2D eigenvalue weighted by atomic mass is 10.4. The Morgan fingerprint density at radius 3 is 1.82 bits per heavy atom. The van der Waals surface area contributed by atoms with E-state index in [1.807, 2.05) is 0 Å². The van der Waals surface area contributed by atoms with Crippen LogP contribution in [0.5, 0.6) is 0 Å². The molecule has 11 heavy (non-hydrogen) atoms. The predicted octanol–water partition coefficient (Wildman–Crippen LogP) is 1.31. The Labute approximate surface area is 66.7 Å². The maximum atomic E-state index is 10.2. The minimum Gasteiger partial charge on any atom is -0.469 e. The van der Waals surface area contributed by atoms with Crippen LogP contribution in [0.25, 0.3) is 0 Å². The second-order valence-electron chi connectivity index (χ2n) is 2.44. The van der Waals surface area contributed by atoms with E-state index in [0.29, 0.717) is 5.78 Å². The second kappa shape index (κ2) is 5.89. The van der Waals surface area contributed by atoms with E-state index in [0.717, 1.165) is 25.7 Å². The molecule has 0 saturated heterocycles. The summed E-state index contributed by atoms with van der Waals surface area (Å²) in [5.74, 6) is 0.208. The number of hydrogen-bond acceptors (Lipinski definition) is 3. The number of carbonyl (C=O) groups is 2. The predicted molar refractivity (Wildman–Crippen MR) is 41.2 cm³/mol. The number of methoxy groups -OCH3 is 1. The van der Waals surface area contributed by atoms with E-state index < -0.39 is 0 Å². The average Bonchev–Trinajstić information content (AvgIpc) is 2.41. The van der Waals surface area contributed by atoms with Crippen molar-refractivity contribution in [3.63, 3.8) is 0 Å². The molecular formula is C8H14O3.